The minimum Gasteiger partial charge on any atom is -0.392 e. The summed E-state index contributed by atoms with van der Waals surface area (Å²) >= 11 is 1.23. The first kappa shape index (κ1) is 11.8. The van der Waals surface area contributed by atoms with Crippen LogP contribution in [0.5, 0.6) is 0 Å². The number of aliphatic hydroxyl groups excluding tert-OH is 1. The van der Waals surface area contributed by atoms with E-state index in [-0.39, 0.29) is 6.61 Å². The monoisotopic (exact) mass is 280 g/mol. The van der Waals surface area contributed by atoms with Gasteiger partial charge in [0, 0.05) is 5.56 Å². The third-order valence-electron chi connectivity index (χ3n) is 3.84. The number of hydrogen-bond acceptors (Lipinski definition) is 4. The molecule has 0 unspecified atom stereocenters. The summed E-state index contributed by atoms with van der Waals surface area (Å²) in [4.78, 5) is 0. The van der Waals surface area contributed by atoms with E-state index in [1.54, 1.807) is 0 Å². The Morgan fingerprint density at radius 3 is 2.75 bits per heavy atom. The molecule has 0 fully saturated rings. The summed E-state index contributed by atoms with van der Waals surface area (Å²) in [6.07, 6.45) is 0.850. The lowest BCUT2D eigenvalue weighted by molar-refractivity contribution is 0.350. The van der Waals surface area contributed by atoms with Gasteiger partial charge in [-0.3, -0.25) is 0 Å². The van der Waals surface area contributed by atoms with Crippen LogP contribution in [0.2, 0.25) is 0 Å². The van der Waals surface area contributed by atoms with Gasteiger partial charge in [-0.1, -0.05) is 36.4 Å². The summed E-state index contributed by atoms with van der Waals surface area (Å²) in [5.41, 5.74) is 7.57. The van der Waals surface area contributed by atoms with Crippen molar-refractivity contribution in [2.75, 3.05) is 6.61 Å². The maximum Gasteiger partial charge on any atom is 0.112 e. The van der Waals surface area contributed by atoms with Crippen LogP contribution in [0.15, 0.2) is 42.5 Å². The molecule has 1 N–H and O–H groups in total. The van der Waals surface area contributed by atoms with Crippen molar-refractivity contribution in [1.82, 2.24) is 8.75 Å². The molecule has 3 nitrogen and oxygen atoms in total. The molecule has 0 radical (unpaired) electrons. The van der Waals surface area contributed by atoms with Gasteiger partial charge < -0.3 is 5.11 Å². The summed E-state index contributed by atoms with van der Waals surface area (Å²) in [6, 6.07) is 14.3. The van der Waals surface area contributed by atoms with Crippen molar-refractivity contribution in [2.24, 2.45) is 0 Å². The number of benzene rings is 2. The van der Waals surface area contributed by atoms with E-state index in [4.69, 9.17) is 0 Å². The van der Waals surface area contributed by atoms with Gasteiger partial charge in [-0.2, -0.15) is 8.75 Å². The van der Waals surface area contributed by atoms with Crippen LogP contribution in [0.3, 0.4) is 0 Å². The van der Waals surface area contributed by atoms with Crippen LogP contribution < -0.4 is 0 Å². The van der Waals surface area contributed by atoms with Crippen molar-refractivity contribution in [2.45, 2.75) is 6.42 Å². The van der Waals surface area contributed by atoms with Crippen LogP contribution in [0, 0.1) is 0 Å². The third-order valence-corrected chi connectivity index (χ3v) is 4.39. The maximum atomic E-state index is 9.78. The maximum absolute atomic E-state index is 9.78. The van der Waals surface area contributed by atoms with Crippen LogP contribution in [0.4, 0.5) is 0 Å². The average molecular weight is 280 g/mol. The quantitative estimate of drug-likeness (QED) is 0.784. The van der Waals surface area contributed by atoms with Gasteiger partial charge in [-0.05, 0) is 34.8 Å². The summed E-state index contributed by atoms with van der Waals surface area (Å²) in [7, 11) is 0. The molecule has 0 aliphatic heterocycles. The lowest BCUT2D eigenvalue weighted by Gasteiger charge is -2.06. The molecular weight excluding hydrogens is 268 g/mol. The van der Waals surface area contributed by atoms with Crippen molar-refractivity contribution in [3.8, 4) is 0 Å². The number of fused-ring (bicyclic) bond motifs is 2. The standard InChI is InChI=1S/C16H12N2OS/c19-9-14-11-5-2-1-4-10(11)8-13(14)12-6-3-7-15-16(12)18-20-17-15/h1-7,19H,8-9H2. The van der Waals surface area contributed by atoms with Crippen molar-refractivity contribution >= 4 is 33.9 Å². The Bertz CT molecular complexity index is 835. The fourth-order valence-electron chi connectivity index (χ4n) is 2.92. The zero-order valence-corrected chi connectivity index (χ0v) is 11.5. The van der Waals surface area contributed by atoms with E-state index in [0.29, 0.717) is 0 Å². The average Bonchev–Trinajstić information content (AvgIpc) is 3.10. The highest BCUT2D eigenvalue weighted by Crippen LogP contribution is 2.39. The Morgan fingerprint density at radius 2 is 1.85 bits per heavy atom. The van der Waals surface area contributed by atoms with Gasteiger partial charge in [0.2, 0.25) is 0 Å². The van der Waals surface area contributed by atoms with Gasteiger partial charge >= 0.3 is 0 Å². The van der Waals surface area contributed by atoms with Crippen LogP contribution in [0.25, 0.3) is 22.2 Å². The highest BCUT2D eigenvalue weighted by Gasteiger charge is 2.23. The van der Waals surface area contributed by atoms with E-state index in [0.717, 1.165) is 34.2 Å². The third kappa shape index (κ3) is 1.62. The van der Waals surface area contributed by atoms with Crippen LogP contribution in [0.1, 0.15) is 16.7 Å². The van der Waals surface area contributed by atoms with E-state index in [1.165, 1.54) is 22.9 Å². The number of aromatic nitrogens is 2. The van der Waals surface area contributed by atoms with Gasteiger partial charge in [-0.15, -0.1) is 0 Å². The largest absolute Gasteiger partial charge is 0.392 e. The second kappa shape index (κ2) is 4.51. The van der Waals surface area contributed by atoms with E-state index in [9.17, 15) is 5.11 Å². The first-order valence-corrected chi connectivity index (χ1v) is 7.24. The second-order valence-electron chi connectivity index (χ2n) is 4.89. The van der Waals surface area contributed by atoms with Gasteiger partial charge in [0.05, 0.1) is 18.3 Å². The minimum absolute atomic E-state index is 0.0559. The van der Waals surface area contributed by atoms with E-state index >= 15 is 0 Å². The molecule has 1 heterocycles. The lowest BCUT2D eigenvalue weighted by Crippen LogP contribution is -1.92. The molecule has 1 aliphatic rings. The highest BCUT2D eigenvalue weighted by atomic mass is 32.1. The molecule has 1 aromatic heterocycles. The fraction of sp³-hybridized carbons (Fsp3) is 0.125. The van der Waals surface area contributed by atoms with E-state index < -0.39 is 0 Å². The predicted octanol–water partition coefficient (Wildman–Crippen LogP) is 3.15. The zero-order chi connectivity index (χ0) is 13.5. The van der Waals surface area contributed by atoms with Crippen LogP contribution >= 0.6 is 11.7 Å². The number of allylic oxidation sites excluding steroid dienone is 1. The Balaban J connectivity index is 1.97. The number of aliphatic hydroxyl groups is 1. The molecule has 20 heavy (non-hydrogen) atoms. The molecule has 0 saturated carbocycles. The van der Waals surface area contributed by atoms with Gasteiger partial charge in [-0.25, -0.2) is 0 Å². The van der Waals surface area contributed by atoms with Gasteiger partial charge in [0.25, 0.3) is 0 Å². The summed E-state index contributed by atoms with van der Waals surface area (Å²) in [5.74, 6) is 0. The summed E-state index contributed by atoms with van der Waals surface area (Å²) in [6.45, 7) is 0.0559. The molecule has 2 aromatic carbocycles. The molecule has 0 amide bonds. The molecule has 98 valence electrons. The number of rotatable bonds is 2. The minimum atomic E-state index is 0.0559. The molecule has 3 aromatic rings. The first-order chi connectivity index (χ1) is 9.88. The zero-order valence-electron chi connectivity index (χ0n) is 10.7. The van der Waals surface area contributed by atoms with Gasteiger partial charge in [0.15, 0.2) is 0 Å². The van der Waals surface area contributed by atoms with Crippen LogP contribution in [-0.4, -0.2) is 20.5 Å². The summed E-state index contributed by atoms with van der Waals surface area (Å²) < 4.78 is 8.71. The van der Waals surface area contributed by atoms with E-state index in [1.807, 2.05) is 24.3 Å². The lowest BCUT2D eigenvalue weighted by atomic mass is 9.99. The van der Waals surface area contributed by atoms with Crippen molar-refractivity contribution < 1.29 is 5.11 Å². The smallest absolute Gasteiger partial charge is 0.112 e. The predicted molar refractivity (Wildman–Crippen MR) is 81.5 cm³/mol. The summed E-state index contributed by atoms with van der Waals surface area (Å²) in [5, 5.41) is 9.78. The molecule has 0 atom stereocenters. The molecule has 0 bridgehead atoms. The fourth-order valence-corrected chi connectivity index (χ4v) is 3.47. The Morgan fingerprint density at radius 1 is 1.00 bits per heavy atom. The number of nitrogens with zero attached hydrogens (tertiary/aromatic N) is 2. The van der Waals surface area contributed by atoms with Gasteiger partial charge in [0.1, 0.15) is 11.0 Å². The number of hydrogen-bond donors (Lipinski definition) is 1. The normalized spacial score (nSPS) is 14.1. The molecule has 4 heteroatoms. The SMILES string of the molecule is OCC1=C(c2cccc3nsnc23)Cc2ccccc21. The molecular formula is C16H12N2OS. The second-order valence-corrected chi connectivity index (χ2v) is 5.42. The molecule has 1 aliphatic carbocycles. The van der Waals surface area contributed by atoms with Crippen molar-refractivity contribution in [1.29, 1.82) is 0 Å². The topological polar surface area (TPSA) is 46.0 Å². The first-order valence-electron chi connectivity index (χ1n) is 6.51. The Labute approximate surface area is 120 Å². The van der Waals surface area contributed by atoms with Crippen molar-refractivity contribution in [3.05, 3.63) is 59.2 Å². The Hall–Kier alpha value is -2.04. The molecule has 4 rings (SSSR count). The molecule has 0 spiro atoms. The van der Waals surface area contributed by atoms with E-state index in [2.05, 4.69) is 26.9 Å². The van der Waals surface area contributed by atoms with Crippen molar-refractivity contribution in [3.63, 3.8) is 0 Å². The Kier molecular flexibility index (Phi) is 2.65. The van der Waals surface area contributed by atoms with Crippen LogP contribution in [-0.2, 0) is 6.42 Å². The molecule has 0 saturated heterocycles. The highest BCUT2D eigenvalue weighted by molar-refractivity contribution is 7.00.